The Labute approximate surface area is 145 Å². The first-order valence-corrected chi connectivity index (χ1v) is 8.88. The number of para-hydroxylation sites is 1. The fraction of sp³-hybridized carbons (Fsp3) is 0.333. The number of fused-ring (bicyclic) bond motifs is 1. The molecule has 0 bridgehead atoms. The van der Waals surface area contributed by atoms with Crippen LogP contribution in [0.4, 0.5) is 0 Å². The smallest absolute Gasteiger partial charge is 0.191 e. The highest BCUT2D eigenvalue weighted by molar-refractivity contribution is 7.11. The standard InChI is InChI=1S/C18H22N4OS/c1-4-13-9-20-17(24-13)11-22-18(19-3)21-10-16-12(2)14-7-5-6-8-15(14)23-16/h5-9H,4,10-11H2,1-3H3,(H2,19,21,22). The van der Waals surface area contributed by atoms with Crippen molar-refractivity contribution in [3.05, 3.63) is 51.7 Å². The van der Waals surface area contributed by atoms with Gasteiger partial charge in [0.25, 0.3) is 0 Å². The summed E-state index contributed by atoms with van der Waals surface area (Å²) in [6, 6.07) is 8.09. The molecule has 0 radical (unpaired) electrons. The molecule has 0 spiro atoms. The summed E-state index contributed by atoms with van der Waals surface area (Å²) in [6.07, 6.45) is 2.96. The molecule has 2 heterocycles. The minimum atomic E-state index is 0.596. The Balaban J connectivity index is 1.60. The van der Waals surface area contributed by atoms with Crippen molar-refractivity contribution in [3.63, 3.8) is 0 Å². The van der Waals surface area contributed by atoms with E-state index < -0.39 is 0 Å². The first-order valence-electron chi connectivity index (χ1n) is 8.06. The maximum atomic E-state index is 5.92. The number of benzene rings is 1. The van der Waals surface area contributed by atoms with E-state index in [1.165, 1.54) is 10.4 Å². The zero-order valence-corrected chi connectivity index (χ0v) is 15.0. The molecule has 0 fully saturated rings. The number of hydrogen-bond donors (Lipinski definition) is 2. The number of nitrogens with zero attached hydrogens (tertiary/aromatic N) is 2. The van der Waals surface area contributed by atoms with Crippen LogP contribution in [-0.4, -0.2) is 18.0 Å². The number of hydrogen-bond acceptors (Lipinski definition) is 4. The predicted octanol–water partition coefficient (Wildman–Crippen LogP) is 3.63. The lowest BCUT2D eigenvalue weighted by Crippen LogP contribution is -2.36. The Morgan fingerprint density at radius 1 is 1.25 bits per heavy atom. The van der Waals surface area contributed by atoms with Gasteiger partial charge >= 0.3 is 0 Å². The van der Waals surface area contributed by atoms with Crippen molar-refractivity contribution < 1.29 is 4.42 Å². The number of aliphatic imine (C=N–C) groups is 1. The number of aryl methyl sites for hydroxylation is 2. The van der Waals surface area contributed by atoms with E-state index in [-0.39, 0.29) is 0 Å². The molecule has 2 aromatic heterocycles. The summed E-state index contributed by atoms with van der Waals surface area (Å²) in [4.78, 5) is 9.97. The van der Waals surface area contributed by atoms with Crippen LogP contribution in [0.5, 0.6) is 0 Å². The molecule has 3 rings (SSSR count). The summed E-state index contributed by atoms with van der Waals surface area (Å²) in [5, 5.41) is 8.82. The van der Waals surface area contributed by atoms with Gasteiger partial charge in [-0.1, -0.05) is 25.1 Å². The van der Waals surface area contributed by atoms with Crippen LogP contribution in [0.25, 0.3) is 11.0 Å². The van der Waals surface area contributed by atoms with Crippen LogP contribution in [0.1, 0.15) is 28.1 Å². The summed E-state index contributed by atoms with van der Waals surface area (Å²) in [5.74, 6) is 1.67. The Bertz CT molecular complexity index is 850. The summed E-state index contributed by atoms with van der Waals surface area (Å²) < 4.78 is 5.92. The van der Waals surface area contributed by atoms with E-state index in [2.05, 4.69) is 40.5 Å². The van der Waals surface area contributed by atoms with E-state index in [0.29, 0.717) is 13.1 Å². The van der Waals surface area contributed by atoms with E-state index >= 15 is 0 Å². The van der Waals surface area contributed by atoms with Crippen molar-refractivity contribution in [1.82, 2.24) is 15.6 Å². The van der Waals surface area contributed by atoms with Gasteiger partial charge in [0, 0.05) is 29.1 Å². The average Bonchev–Trinajstić information content (AvgIpc) is 3.20. The Hall–Kier alpha value is -2.34. The highest BCUT2D eigenvalue weighted by Crippen LogP contribution is 2.24. The van der Waals surface area contributed by atoms with Gasteiger partial charge < -0.3 is 15.1 Å². The van der Waals surface area contributed by atoms with Crippen LogP contribution in [0.3, 0.4) is 0 Å². The van der Waals surface area contributed by atoms with Crippen LogP contribution in [0.15, 0.2) is 39.9 Å². The molecule has 3 aromatic rings. The molecule has 5 nitrogen and oxygen atoms in total. The Morgan fingerprint density at radius 2 is 2.04 bits per heavy atom. The summed E-state index contributed by atoms with van der Waals surface area (Å²) >= 11 is 1.73. The summed E-state index contributed by atoms with van der Waals surface area (Å²) in [5.41, 5.74) is 2.09. The lowest BCUT2D eigenvalue weighted by atomic mass is 10.1. The van der Waals surface area contributed by atoms with Crippen molar-refractivity contribution >= 4 is 28.3 Å². The van der Waals surface area contributed by atoms with Gasteiger partial charge in [-0.15, -0.1) is 11.3 Å². The molecule has 0 aliphatic carbocycles. The third kappa shape index (κ3) is 3.59. The van der Waals surface area contributed by atoms with Crippen LogP contribution in [-0.2, 0) is 19.5 Å². The van der Waals surface area contributed by atoms with Crippen LogP contribution in [0, 0.1) is 6.92 Å². The maximum absolute atomic E-state index is 5.92. The fourth-order valence-corrected chi connectivity index (χ4v) is 3.33. The largest absolute Gasteiger partial charge is 0.459 e. The molecule has 0 saturated heterocycles. The number of aromatic nitrogens is 1. The molecule has 6 heteroatoms. The van der Waals surface area contributed by atoms with Crippen molar-refractivity contribution in [2.75, 3.05) is 7.05 Å². The number of rotatable bonds is 5. The van der Waals surface area contributed by atoms with Gasteiger partial charge in [0.05, 0.1) is 13.1 Å². The van der Waals surface area contributed by atoms with Gasteiger partial charge in [-0.05, 0) is 19.4 Å². The molecule has 24 heavy (non-hydrogen) atoms. The minimum absolute atomic E-state index is 0.596. The molecule has 0 atom stereocenters. The third-order valence-electron chi connectivity index (χ3n) is 3.94. The topological polar surface area (TPSA) is 62.5 Å². The lowest BCUT2D eigenvalue weighted by Gasteiger charge is -2.10. The second-order valence-corrected chi connectivity index (χ2v) is 6.70. The molecular weight excluding hydrogens is 320 g/mol. The highest BCUT2D eigenvalue weighted by atomic mass is 32.1. The number of furan rings is 1. The Kier molecular flexibility index (Phi) is 5.15. The van der Waals surface area contributed by atoms with Crippen molar-refractivity contribution in [1.29, 1.82) is 0 Å². The molecule has 1 aromatic carbocycles. The van der Waals surface area contributed by atoms with E-state index in [0.717, 1.165) is 34.1 Å². The normalized spacial score (nSPS) is 11.9. The second-order valence-electron chi connectivity index (χ2n) is 5.50. The summed E-state index contributed by atoms with van der Waals surface area (Å²) in [6.45, 7) is 5.49. The van der Waals surface area contributed by atoms with E-state index in [1.807, 2.05) is 24.4 Å². The van der Waals surface area contributed by atoms with E-state index in [1.54, 1.807) is 18.4 Å². The van der Waals surface area contributed by atoms with E-state index in [9.17, 15) is 0 Å². The molecule has 0 aliphatic rings. The monoisotopic (exact) mass is 342 g/mol. The van der Waals surface area contributed by atoms with Gasteiger partial charge in [0.2, 0.25) is 0 Å². The van der Waals surface area contributed by atoms with Crippen LogP contribution in [0.2, 0.25) is 0 Å². The van der Waals surface area contributed by atoms with Crippen LogP contribution < -0.4 is 10.6 Å². The lowest BCUT2D eigenvalue weighted by molar-refractivity contribution is 0.534. The highest BCUT2D eigenvalue weighted by Gasteiger charge is 2.10. The number of guanidine groups is 1. The zero-order valence-electron chi connectivity index (χ0n) is 14.2. The maximum Gasteiger partial charge on any atom is 0.191 e. The van der Waals surface area contributed by atoms with Crippen molar-refractivity contribution in [3.8, 4) is 0 Å². The second kappa shape index (κ2) is 7.49. The van der Waals surface area contributed by atoms with Gasteiger partial charge in [-0.2, -0.15) is 0 Å². The Morgan fingerprint density at radius 3 is 2.75 bits per heavy atom. The quantitative estimate of drug-likeness (QED) is 0.549. The first-order chi connectivity index (χ1) is 11.7. The van der Waals surface area contributed by atoms with Crippen molar-refractivity contribution in [2.45, 2.75) is 33.4 Å². The molecule has 126 valence electrons. The van der Waals surface area contributed by atoms with Crippen LogP contribution >= 0.6 is 11.3 Å². The van der Waals surface area contributed by atoms with Gasteiger partial charge in [0.15, 0.2) is 5.96 Å². The summed E-state index contributed by atoms with van der Waals surface area (Å²) in [7, 11) is 1.76. The average molecular weight is 342 g/mol. The first kappa shape index (κ1) is 16.5. The molecular formula is C18H22N4OS. The van der Waals surface area contributed by atoms with Gasteiger partial charge in [0.1, 0.15) is 16.4 Å². The molecule has 0 aliphatic heterocycles. The minimum Gasteiger partial charge on any atom is -0.459 e. The van der Waals surface area contributed by atoms with Crippen molar-refractivity contribution in [2.24, 2.45) is 4.99 Å². The molecule has 0 saturated carbocycles. The van der Waals surface area contributed by atoms with Gasteiger partial charge in [-0.3, -0.25) is 4.99 Å². The number of nitrogens with one attached hydrogen (secondary N) is 2. The SMILES string of the molecule is CCc1cnc(CNC(=NC)NCc2oc3ccccc3c2C)s1. The molecule has 2 N–H and O–H groups in total. The van der Waals surface area contributed by atoms with Gasteiger partial charge in [-0.25, -0.2) is 4.98 Å². The third-order valence-corrected chi connectivity index (χ3v) is 5.08. The van der Waals surface area contributed by atoms with E-state index in [4.69, 9.17) is 4.42 Å². The number of thiazole rings is 1. The fourth-order valence-electron chi connectivity index (χ4n) is 2.53. The molecule has 0 amide bonds. The predicted molar refractivity (Wildman–Crippen MR) is 99.5 cm³/mol. The zero-order chi connectivity index (χ0) is 16.9. The molecule has 0 unspecified atom stereocenters.